The molecule has 0 aromatic rings. The number of esters is 1. The molecule has 0 spiro atoms. The first-order chi connectivity index (χ1) is 7.20. The van der Waals surface area contributed by atoms with Crippen molar-refractivity contribution in [3.8, 4) is 0 Å². The lowest BCUT2D eigenvalue weighted by atomic mass is 10.4. The highest BCUT2D eigenvalue weighted by Gasteiger charge is 1.99. The molecule has 0 aromatic heterocycles. The summed E-state index contributed by atoms with van der Waals surface area (Å²) in [4.78, 5) is 10.9. The largest absolute Gasteiger partial charge is 0.463 e. The van der Waals surface area contributed by atoms with E-state index in [1.165, 1.54) is 6.08 Å². The molecule has 4 nitrogen and oxygen atoms in total. The van der Waals surface area contributed by atoms with Gasteiger partial charge in [-0.2, -0.15) is 0 Å². The van der Waals surface area contributed by atoms with Crippen LogP contribution >= 0.6 is 0 Å². The van der Waals surface area contributed by atoms with Crippen LogP contribution in [0, 0.1) is 0 Å². The minimum Gasteiger partial charge on any atom is -0.463 e. The van der Waals surface area contributed by atoms with Crippen LogP contribution in [0.15, 0.2) is 12.2 Å². The maximum Gasteiger partial charge on any atom is 0.330 e. The molecule has 0 rings (SSSR count). The van der Waals surface area contributed by atoms with Gasteiger partial charge in [-0.25, -0.2) is 4.79 Å². The zero-order chi connectivity index (χ0) is 11.5. The lowest BCUT2D eigenvalue weighted by molar-refractivity contribution is -0.137. The fraction of sp³-hybridized carbons (Fsp3) is 0.727. The van der Waals surface area contributed by atoms with Crippen LogP contribution in [-0.2, 0) is 19.0 Å². The van der Waals surface area contributed by atoms with Crippen molar-refractivity contribution in [1.82, 2.24) is 0 Å². The van der Waals surface area contributed by atoms with E-state index in [2.05, 4.69) is 0 Å². The Morgan fingerprint density at radius 3 is 2.67 bits per heavy atom. The van der Waals surface area contributed by atoms with E-state index in [0.29, 0.717) is 26.4 Å². The van der Waals surface area contributed by atoms with Crippen molar-refractivity contribution in [2.75, 3.05) is 26.4 Å². The number of rotatable bonds is 8. The average molecular weight is 216 g/mol. The predicted molar refractivity (Wildman–Crippen MR) is 57.7 cm³/mol. The Hall–Kier alpha value is -0.870. The Morgan fingerprint density at radius 2 is 2.07 bits per heavy atom. The molecule has 0 amide bonds. The Balaban J connectivity index is 3.47. The molecule has 0 aliphatic carbocycles. The maximum atomic E-state index is 10.9. The predicted octanol–water partition coefficient (Wildman–Crippen LogP) is 1.55. The average Bonchev–Trinajstić information content (AvgIpc) is 2.22. The molecule has 0 heterocycles. The van der Waals surface area contributed by atoms with Crippen molar-refractivity contribution < 1.29 is 19.0 Å². The van der Waals surface area contributed by atoms with Crippen LogP contribution in [0.1, 0.15) is 20.8 Å². The van der Waals surface area contributed by atoms with Gasteiger partial charge in [-0.3, -0.25) is 0 Å². The van der Waals surface area contributed by atoms with Gasteiger partial charge in [0.05, 0.1) is 25.9 Å². The molecule has 0 fully saturated rings. The number of carbonyl (C=O) groups is 1. The van der Waals surface area contributed by atoms with E-state index in [9.17, 15) is 4.79 Å². The van der Waals surface area contributed by atoms with Crippen molar-refractivity contribution in [2.45, 2.75) is 26.9 Å². The molecule has 0 aliphatic rings. The van der Waals surface area contributed by atoms with Gasteiger partial charge in [0.1, 0.15) is 0 Å². The highest BCUT2D eigenvalue weighted by atomic mass is 16.5. The summed E-state index contributed by atoms with van der Waals surface area (Å²) in [5, 5.41) is 0. The Morgan fingerprint density at radius 1 is 1.33 bits per heavy atom. The van der Waals surface area contributed by atoms with Crippen LogP contribution in [0.25, 0.3) is 0 Å². The van der Waals surface area contributed by atoms with Crippen LogP contribution in [0.2, 0.25) is 0 Å². The number of carbonyl (C=O) groups excluding carboxylic acids is 1. The molecule has 4 heteroatoms. The van der Waals surface area contributed by atoms with Gasteiger partial charge < -0.3 is 14.2 Å². The van der Waals surface area contributed by atoms with Crippen LogP contribution in [-0.4, -0.2) is 38.5 Å². The fourth-order valence-corrected chi connectivity index (χ4v) is 0.886. The summed E-state index contributed by atoms with van der Waals surface area (Å²) in [6.45, 7) is 7.68. The fourth-order valence-electron chi connectivity index (χ4n) is 0.886. The minimum absolute atomic E-state index is 0.0387. The summed E-state index contributed by atoms with van der Waals surface area (Å²) in [6.07, 6.45) is 3.05. The van der Waals surface area contributed by atoms with Gasteiger partial charge in [0.15, 0.2) is 0 Å². The summed E-state index contributed by atoms with van der Waals surface area (Å²) in [5.74, 6) is -0.335. The summed E-state index contributed by atoms with van der Waals surface area (Å²) in [6, 6.07) is 0. The van der Waals surface area contributed by atoms with Gasteiger partial charge in [0.25, 0.3) is 0 Å². The first-order valence-corrected chi connectivity index (χ1v) is 5.23. The lowest BCUT2D eigenvalue weighted by Gasteiger charge is -2.10. The van der Waals surface area contributed by atoms with Crippen LogP contribution in [0.3, 0.4) is 0 Å². The zero-order valence-electron chi connectivity index (χ0n) is 9.69. The van der Waals surface area contributed by atoms with E-state index in [0.717, 1.165) is 0 Å². The normalized spacial score (nSPS) is 13.0. The smallest absolute Gasteiger partial charge is 0.330 e. The minimum atomic E-state index is -0.335. The molecule has 0 bridgehead atoms. The van der Waals surface area contributed by atoms with E-state index in [-0.39, 0.29) is 12.1 Å². The number of hydrogen-bond acceptors (Lipinski definition) is 4. The summed E-state index contributed by atoms with van der Waals surface area (Å²) < 4.78 is 15.2. The molecule has 0 radical (unpaired) electrons. The van der Waals surface area contributed by atoms with Gasteiger partial charge in [-0.1, -0.05) is 6.08 Å². The van der Waals surface area contributed by atoms with Gasteiger partial charge in [-0.15, -0.1) is 0 Å². The van der Waals surface area contributed by atoms with E-state index in [1.54, 1.807) is 13.0 Å². The van der Waals surface area contributed by atoms with E-state index in [4.69, 9.17) is 14.2 Å². The first kappa shape index (κ1) is 14.1. The number of ether oxygens (including phenoxy) is 3. The molecular weight excluding hydrogens is 196 g/mol. The molecule has 1 unspecified atom stereocenters. The SMILES string of the molecule is CCOCC(C)OC/C=C/C(=O)OCC. The molecule has 88 valence electrons. The van der Waals surface area contributed by atoms with Crippen LogP contribution in [0.5, 0.6) is 0 Å². The Bertz CT molecular complexity index is 189. The molecule has 0 saturated carbocycles. The van der Waals surface area contributed by atoms with Crippen molar-refractivity contribution in [1.29, 1.82) is 0 Å². The molecule has 0 saturated heterocycles. The monoisotopic (exact) mass is 216 g/mol. The molecule has 0 aromatic carbocycles. The molecule has 0 N–H and O–H groups in total. The van der Waals surface area contributed by atoms with Gasteiger partial charge in [-0.05, 0) is 20.8 Å². The number of hydrogen-bond donors (Lipinski definition) is 0. The van der Waals surface area contributed by atoms with Gasteiger partial charge >= 0.3 is 5.97 Å². The molecule has 0 aliphatic heterocycles. The third kappa shape index (κ3) is 9.43. The van der Waals surface area contributed by atoms with E-state index in [1.807, 2.05) is 13.8 Å². The van der Waals surface area contributed by atoms with Crippen LogP contribution < -0.4 is 0 Å². The maximum absolute atomic E-state index is 10.9. The zero-order valence-corrected chi connectivity index (χ0v) is 9.69. The standard InChI is InChI=1S/C11H20O4/c1-4-13-9-10(3)15-8-6-7-11(12)14-5-2/h6-7,10H,4-5,8-9H2,1-3H3/b7-6+. The van der Waals surface area contributed by atoms with Gasteiger partial charge in [0.2, 0.25) is 0 Å². The summed E-state index contributed by atoms with van der Waals surface area (Å²) in [5.41, 5.74) is 0. The third-order valence-electron chi connectivity index (χ3n) is 1.57. The van der Waals surface area contributed by atoms with E-state index >= 15 is 0 Å². The second kappa shape index (κ2) is 9.68. The van der Waals surface area contributed by atoms with Gasteiger partial charge in [0, 0.05) is 12.7 Å². The molecule has 1 atom stereocenters. The van der Waals surface area contributed by atoms with Crippen molar-refractivity contribution in [3.05, 3.63) is 12.2 Å². The topological polar surface area (TPSA) is 44.8 Å². The Kier molecular flexibility index (Phi) is 9.11. The highest BCUT2D eigenvalue weighted by molar-refractivity contribution is 5.81. The quantitative estimate of drug-likeness (QED) is 0.456. The summed E-state index contributed by atoms with van der Waals surface area (Å²) in [7, 11) is 0. The van der Waals surface area contributed by atoms with E-state index < -0.39 is 0 Å². The first-order valence-electron chi connectivity index (χ1n) is 5.23. The van der Waals surface area contributed by atoms with Crippen LogP contribution in [0.4, 0.5) is 0 Å². The highest BCUT2D eigenvalue weighted by Crippen LogP contribution is 1.92. The van der Waals surface area contributed by atoms with Crippen molar-refractivity contribution in [2.24, 2.45) is 0 Å². The molecule has 15 heavy (non-hydrogen) atoms. The second-order valence-corrected chi connectivity index (χ2v) is 2.96. The Labute approximate surface area is 91.2 Å². The third-order valence-corrected chi connectivity index (χ3v) is 1.57. The lowest BCUT2D eigenvalue weighted by Crippen LogP contribution is -2.16. The van der Waals surface area contributed by atoms with Crippen molar-refractivity contribution in [3.63, 3.8) is 0 Å². The summed E-state index contributed by atoms with van der Waals surface area (Å²) >= 11 is 0. The molecular formula is C11H20O4. The second-order valence-electron chi connectivity index (χ2n) is 2.96. The van der Waals surface area contributed by atoms with Crippen molar-refractivity contribution >= 4 is 5.97 Å².